The van der Waals surface area contributed by atoms with Crippen molar-refractivity contribution in [2.75, 3.05) is 26.4 Å². The lowest BCUT2D eigenvalue weighted by Gasteiger charge is -2.48. The quantitative estimate of drug-likeness (QED) is 0.0227. The zero-order valence-electron chi connectivity index (χ0n) is 49.3. The molecule has 12 N–H and O–H groups in total. The average Bonchev–Trinajstić information content (AvgIpc) is 3.49. The van der Waals surface area contributed by atoms with Gasteiger partial charge in [0.25, 0.3) is 0 Å². The fourth-order valence-corrected chi connectivity index (χ4v) is 11.1. The summed E-state index contributed by atoms with van der Waals surface area (Å²) in [4.78, 5) is 13.2. The molecule has 19 heteroatoms. The van der Waals surface area contributed by atoms with E-state index < -0.39 is 124 Å². The molecule has 17 unspecified atom stereocenters. The summed E-state index contributed by atoms with van der Waals surface area (Å²) in [5.41, 5.74) is 0. The first-order valence-electron chi connectivity index (χ1n) is 31.9. The fraction of sp³-hybridized carbons (Fsp3) is 0.951. The van der Waals surface area contributed by atoms with Crippen LogP contribution in [0.15, 0.2) is 12.2 Å². The number of aliphatic hydroxyl groups is 11. The van der Waals surface area contributed by atoms with Crippen LogP contribution in [-0.2, 0) is 33.2 Å². The lowest BCUT2D eigenvalue weighted by atomic mass is 9.96. The van der Waals surface area contributed by atoms with E-state index in [1.54, 1.807) is 6.08 Å². The molecule has 3 heterocycles. The molecule has 1 amide bonds. The first-order valence-corrected chi connectivity index (χ1v) is 31.9. The standard InChI is InChI=1S/C61H115NO18/c1-3-5-7-9-11-12-13-14-15-16-17-18-19-20-21-22-23-24-25-26-27-28-29-30-31-32-33-35-37-39-49(67)62-44(45(66)38-36-34-10-8-6-4-2)43-75-59-55(73)52(70)57(47(41-64)77-59)80-61-56(74)53(71)58(48(42-65)78-61)79-60-54(72)51(69)50(68)46(40-63)76-60/h36,38,44-48,50-61,63-66,68-74H,3-35,37,39-43H2,1-2H3,(H,62,67)/b38-36+. The molecule has 0 saturated carbocycles. The third-order valence-electron chi connectivity index (χ3n) is 16.3. The summed E-state index contributed by atoms with van der Waals surface area (Å²) < 4.78 is 34.1. The minimum Gasteiger partial charge on any atom is -0.394 e. The molecule has 0 spiro atoms. The van der Waals surface area contributed by atoms with Crippen molar-refractivity contribution in [2.45, 2.75) is 343 Å². The molecule has 0 aliphatic carbocycles. The van der Waals surface area contributed by atoms with Crippen LogP contribution in [0.5, 0.6) is 0 Å². The number of amides is 1. The molecule has 3 aliphatic rings. The van der Waals surface area contributed by atoms with Gasteiger partial charge in [-0.2, -0.15) is 0 Å². The van der Waals surface area contributed by atoms with E-state index in [2.05, 4.69) is 19.2 Å². The highest BCUT2D eigenvalue weighted by molar-refractivity contribution is 5.76. The van der Waals surface area contributed by atoms with Crippen molar-refractivity contribution in [1.29, 1.82) is 0 Å². The van der Waals surface area contributed by atoms with E-state index in [1.807, 2.05) is 6.08 Å². The molecule has 19 nitrogen and oxygen atoms in total. The molecule has 80 heavy (non-hydrogen) atoms. The minimum atomic E-state index is -1.97. The Morgan fingerprint density at radius 3 is 1.18 bits per heavy atom. The van der Waals surface area contributed by atoms with E-state index in [4.69, 9.17) is 28.4 Å². The molecule has 3 rings (SSSR count). The Hall–Kier alpha value is -1.47. The zero-order chi connectivity index (χ0) is 58.3. The van der Waals surface area contributed by atoms with E-state index in [0.717, 1.165) is 51.4 Å². The number of ether oxygens (including phenoxy) is 6. The van der Waals surface area contributed by atoms with E-state index >= 15 is 0 Å². The zero-order valence-corrected chi connectivity index (χ0v) is 49.3. The van der Waals surface area contributed by atoms with Gasteiger partial charge in [-0.15, -0.1) is 0 Å². The van der Waals surface area contributed by atoms with Gasteiger partial charge < -0.3 is 89.9 Å². The number of carbonyl (C=O) groups is 1. The van der Waals surface area contributed by atoms with E-state index in [-0.39, 0.29) is 18.9 Å². The van der Waals surface area contributed by atoms with Crippen LogP contribution in [0.2, 0.25) is 0 Å². The molecule has 0 radical (unpaired) electrons. The van der Waals surface area contributed by atoms with E-state index in [0.29, 0.717) is 6.42 Å². The topological polar surface area (TPSA) is 307 Å². The fourth-order valence-electron chi connectivity index (χ4n) is 11.1. The van der Waals surface area contributed by atoms with Gasteiger partial charge >= 0.3 is 0 Å². The van der Waals surface area contributed by atoms with Crippen molar-refractivity contribution < 1.29 is 89.4 Å². The van der Waals surface area contributed by atoms with Crippen molar-refractivity contribution in [3.8, 4) is 0 Å². The van der Waals surface area contributed by atoms with Crippen LogP contribution in [0.4, 0.5) is 0 Å². The molecule has 0 bridgehead atoms. The highest BCUT2D eigenvalue weighted by Crippen LogP contribution is 2.33. The van der Waals surface area contributed by atoms with Gasteiger partial charge in [-0.3, -0.25) is 4.79 Å². The van der Waals surface area contributed by atoms with Gasteiger partial charge in [0.15, 0.2) is 18.9 Å². The normalized spacial score (nSPS) is 30.0. The van der Waals surface area contributed by atoms with Gasteiger partial charge in [0.05, 0.1) is 38.6 Å². The lowest BCUT2D eigenvalue weighted by molar-refractivity contribution is -0.379. The summed E-state index contributed by atoms with van der Waals surface area (Å²) in [6.45, 7) is 1.64. The summed E-state index contributed by atoms with van der Waals surface area (Å²) in [5.74, 6) is -0.277. The summed E-state index contributed by atoms with van der Waals surface area (Å²) in [5, 5.41) is 120. The van der Waals surface area contributed by atoms with Gasteiger partial charge in [0.2, 0.25) is 5.91 Å². The minimum absolute atomic E-state index is 0.248. The highest BCUT2D eigenvalue weighted by atomic mass is 16.8. The lowest BCUT2D eigenvalue weighted by Crippen LogP contribution is -2.66. The SMILES string of the molecule is CCCCCC/C=C/C(O)C(COC1OC(CO)C(OC2OC(CO)C(OC3OC(CO)C(O)C(O)C3O)C(O)C2O)C(O)C1O)NC(=O)CCCCCCCCCCCCCCCCCCCCCCCCCCCCCCC. The average molecular weight is 1150 g/mol. The Labute approximate surface area is 480 Å². The monoisotopic (exact) mass is 1150 g/mol. The van der Waals surface area contributed by atoms with Crippen molar-refractivity contribution in [3.63, 3.8) is 0 Å². The van der Waals surface area contributed by atoms with Gasteiger partial charge in [0, 0.05) is 6.42 Å². The third kappa shape index (κ3) is 28.2. The summed E-state index contributed by atoms with van der Waals surface area (Å²) in [6, 6.07) is -0.964. The molecule has 0 aromatic carbocycles. The van der Waals surface area contributed by atoms with Crippen LogP contribution in [0.25, 0.3) is 0 Å². The Kier molecular flexibility index (Phi) is 40.9. The van der Waals surface area contributed by atoms with Crippen LogP contribution in [0, 0.1) is 0 Å². The number of carbonyl (C=O) groups excluding carboxylic acids is 1. The van der Waals surface area contributed by atoms with Crippen molar-refractivity contribution in [2.24, 2.45) is 0 Å². The summed E-state index contributed by atoms with van der Waals surface area (Å²) >= 11 is 0. The van der Waals surface area contributed by atoms with Crippen LogP contribution in [0.3, 0.4) is 0 Å². The van der Waals surface area contributed by atoms with Crippen molar-refractivity contribution in [3.05, 3.63) is 12.2 Å². The highest BCUT2D eigenvalue weighted by Gasteiger charge is 2.53. The van der Waals surface area contributed by atoms with E-state index in [9.17, 15) is 61.0 Å². The second kappa shape index (κ2) is 44.9. The number of nitrogens with one attached hydrogen (secondary N) is 1. The van der Waals surface area contributed by atoms with Crippen molar-refractivity contribution >= 4 is 5.91 Å². The Morgan fingerprint density at radius 1 is 0.438 bits per heavy atom. The molecule has 3 aliphatic heterocycles. The Bertz CT molecular complexity index is 1510. The van der Waals surface area contributed by atoms with Crippen molar-refractivity contribution in [1.82, 2.24) is 5.32 Å². The van der Waals surface area contributed by atoms with Gasteiger partial charge in [-0.25, -0.2) is 0 Å². The number of hydrogen-bond donors (Lipinski definition) is 12. The second-order valence-corrected chi connectivity index (χ2v) is 23.2. The maximum atomic E-state index is 13.2. The summed E-state index contributed by atoms with van der Waals surface area (Å²) in [6.07, 6.45) is 20.0. The van der Waals surface area contributed by atoms with E-state index in [1.165, 1.54) is 161 Å². The van der Waals surface area contributed by atoms with Gasteiger partial charge in [-0.05, 0) is 19.3 Å². The molecule has 17 atom stereocenters. The smallest absolute Gasteiger partial charge is 0.220 e. The maximum Gasteiger partial charge on any atom is 0.220 e. The molecule has 3 fully saturated rings. The number of rotatable bonds is 48. The van der Waals surface area contributed by atoms with Crippen LogP contribution in [0.1, 0.15) is 239 Å². The number of hydrogen-bond acceptors (Lipinski definition) is 18. The molecule has 0 aromatic heterocycles. The molecule has 472 valence electrons. The Balaban J connectivity index is 1.32. The first-order chi connectivity index (χ1) is 38.8. The predicted molar refractivity (Wildman–Crippen MR) is 305 cm³/mol. The number of allylic oxidation sites excluding steroid dienone is 1. The first kappa shape index (κ1) is 72.8. The Morgan fingerprint density at radius 2 is 0.775 bits per heavy atom. The van der Waals surface area contributed by atoms with Crippen LogP contribution in [-0.4, -0.2) is 193 Å². The second-order valence-electron chi connectivity index (χ2n) is 23.2. The predicted octanol–water partition coefficient (Wildman–Crippen LogP) is 6.55. The largest absolute Gasteiger partial charge is 0.394 e. The molecular weight excluding hydrogens is 1030 g/mol. The molecular formula is C61H115NO18. The van der Waals surface area contributed by atoms with Crippen LogP contribution < -0.4 is 5.32 Å². The van der Waals surface area contributed by atoms with Gasteiger partial charge in [-0.1, -0.05) is 225 Å². The van der Waals surface area contributed by atoms with Gasteiger partial charge in [0.1, 0.15) is 73.2 Å². The number of aliphatic hydroxyl groups excluding tert-OH is 11. The summed E-state index contributed by atoms with van der Waals surface area (Å²) in [7, 11) is 0. The van der Waals surface area contributed by atoms with Crippen LogP contribution >= 0.6 is 0 Å². The third-order valence-corrected chi connectivity index (χ3v) is 16.3. The molecule has 0 aromatic rings. The molecule has 3 saturated heterocycles. The maximum absolute atomic E-state index is 13.2. The number of unbranched alkanes of at least 4 members (excludes halogenated alkanes) is 32.